The second-order valence-corrected chi connectivity index (χ2v) is 6.68. The number of phenols is 1. The molecule has 2 fully saturated rings. The molecule has 0 aromatic heterocycles. The average Bonchev–Trinajstić information content (AvgIpc) is 2.92. The Morgan fingerprint density at radius 3 is 2.71 bits per heavy atom. The Hall–Kier alpha value is -1.10. The Balaban J connectivity index is 1.56. The SMILES string of the molecule is Cc1ccc(O)c(CN2CCC(N3CCC(N)CC3)C2)c1. The van der Waals surface area contributed by atoms with Gasteiger partial charge in [-0.25, -0.2) is 0 Å². The van der Waals surface area contributed by atoms with Crippen LogP contribution in [0.25, 0.3) is 0 Å². The van der Waals surface area contributed by atoms with E-state index in [0.29, 0.717) is 17.8 Å². The normalized spacial score (nSPS) is 25.5. The van der Waals surface area contributed by atoms with Gasteiger partial charge < -0.3 is 10.8 Å². The van der Waals surface area contributed by atoms with Gasteiger partial charge in [0.25, 0.3) is 0 Å². The molecule has 2 aliphatic heterocycles. The van der Waals surface area contributed by atoms with Gasteiger partial charge in [0, 0.05) is 37.3 Å². The number of piperidine rings is 1. The highest BCUT2D eigenvalue weighted by Crippen LogP contribution is 2.25. The Labute approximate surface area is 127 Å². The first kappa shape index (κ1) is 14.8. The lowest BCUT2D eigenvalue weighted by Gasteiger charge is -2.34. The Morgan fingerprint density at radius 1 is 1.19 bits per heavy atom. The van der Waals surface area contributed by atoms with Crippen molar-refractivity contribution in [3.05, 3.63) is 29.3 Å². The monoisotopic (exact) mass is 289 g/mol. The quantitative estimate of drug-likeness (QED) is 0.889. The number of phenolic OH excluding ortho intramolecular Hbond substituents is 1. The van der Waals surface area contributed by atoms with Crippen molar-refractivity contribution in [1.82, 2.24) is 9.80 Å². The Bertz CT molecular complexity index is 483. The van der Waals surface area contributed by atoms with E-state index in [-0.39, 0.29) is 0 Å². The summed E-state index contributed by atoms with van der Waals surface area (Å²) in [6.45, 7) is 7.47. The first-order valence-corrected chi connectivity index (χ1v) is 8.12. The van der Waals surface area contributed by atoms with Crippen LogP contribution in [0.15, 0.2) is 18.2 Å². The van der Waals surface area contributed by atoms with Crippen LogP contribution in [0, 0.1) is 6.92 Å². The zero-order valence-electron chi connectivity index (χ0n) is 13.0. The summed E-state index contributed by atoms with van der Waals surface area (Å²) in [7, 11) is 0. The van der Waals surface area contributed by atoms with Crippen LogP contribution in [-0.4, -0.2) is 53.2 Å². The van der Waals surface area contributed by atoms with E-state index in [1.807, 2.05) is 12.1 Å². The number of benzene rings is 1. The maximum atomic E-state index is 9.99. The van der Waals surface area contributed by atoms with Gasteiger partial charge in [0.15, 0.2) is 0 Å². The minimum Gasteiger partial charge on any atom is -0.508 e. The van der Waals surface area contributed by atoms with E-state index in [2.05, 4.69) is 22.8 Å². The van der Waals surface area contributed by atoms with Crippen molar-refractivity contribution >= 4 is 0 Å². The number of aryl methyl sites for hydroxylation is 1. The summed E-state index contributed by atoms with van der Waals surface area (Å²) < 4.78 is 0. The maximum absolute atomic E-state index is 9.99. The van der Waals surface area contributed by atoms with Crippen LogP contribution < -0.4 is 5.73 Å². The molecule has 2 aliphatic rings. The minimum absolute atomic E-state index is 0.406. The summed E-state index contributed by atoms with van der Waals surface area (Å²) in [6.07, 6.45) is 3.51. The molecule has 1 unspecified atom stereocenters. The van der Waals surface area contributed by atoms with Gasteiger partial charge in [0.1, 0.15) is 5.75 Å². The molecule has 3 rings (SSSR count). The lowest BCUT2D eigenvalue weighted by Crippen LogP contribution is -2.46. The second kappa shape index (κ2) is 6.34. The summed E-state index contributed by atoms with van der Waals surface area (Å²) in [6, 6.07) is 6.95. The Kier molecular flexibility index (Phi) is 4.48. The summed E-state index contributed by atoms with van der Waals surface area (Å²) in [5.41, 5.74) is 8.25. The Morgan fingerprint density at radius 2 is 1.95 bits per heavy atom. The van der Waals surface area contributed by atoms with Crippen molar-refractivity contribution < 1.29 is 5.11 Å². The molecule has 1 aromatic carbocycles. The van der Waals surface area contributed by atoms with Gasteiger partial charge >= 0.3 is 0 Å². The first-order chi connectivity index (χ1) is 10.1. The zero-order valence-corrected chi connectivity index (χ0v) is 13.0. The number of hydrogen-bond donors (Lipinski definition) is 2. The molecular formula is C17H27N3O. The van der Waals surface area contributed by atoms with Crippen LogP contribution in [0.5, 0.6) is 5.75 Å². The van der Waals surface area contributed by atoms with Crippen LogP contribution in [0.2, 0.25) is 0 Å². The highest BCUT2D eigenvalue weighted by molar-refractivity contribution is 5.35. The molecule has 0 bridgehead atoms. The predicted molar refractivity (Wildman–Crippen MR) is 85.3 cm³/mol. The molecule has 4 nitrogen and oxygen atoms in total. The first-order valence-electron chi connectivity index (χ1n) is 8.12. The highest BCUT2D eigenvalue weighted by Gasteiger charge is 2.29. The van der Waals surface area contributed by atoms with Gasteiger partial charge in [-0.1, -0.05) is 17.7 Å². The van der Waals surface area contributed by atoms with E-state index < -0.39 is 0 Å². The van der Waals surface area contributed by atoms with Crippen LogP contribution in [-0.2, 0) is 6.54 Å². The van der Waals surface area contributed by atoms with E-state index in [1.54, 1.807) is 0 Å². The molecule has 1 atom stereocenters. The molecule has 2 saturated heterocycles. The molecule has 0 saturated carbocycles. The fraction of sp³-hybridized carbons (Fsp3) is 0.647. The van der Waals surface area contributed by atoms with E-state index in [0.717, 1.165) is 51.1 Å². The summed E-state index contributed by atoms with van der Waals surface area (Å²) >= 11 is 0. The van der Waals surface area contributed by atoms with Crippen molar-refractivity contribution in [3.8, 4) is 5.75 Å². The number of nitrogens with zero attached hydrogens (tertiary/aromatic N) is 2. The van der Waals surface area contributed by atoms with E-state index in [9.17, 15) is 5.11 Å². The van der Waals surface area contributed by atoms with E-state index >= 15 is 0 Å². The van der Waals surface area contributed by atoms with E-state index in [4.69, 9.17) is 5.73 Å². The summed E-state index contributed by atoms with van der Waals surface area (Å²) in [5.74, 6) is 0.424. The lowest BCUT2D eigenvalue weighted by molar-refractivity contribution is 0.151. The second-order valence-electron chi connectivity index (χ2n) is 6.68. The van der Waals surface area contributed by atoms with Crippen molar-refractivity contribution in [3.63, 3.8) is 0 Å². The minimum atomic E-state index is 0.406. The molecule has 0 aliphatic carbocycles. The smallest absolute Gasteiger partial charge is 0.120 e. The molecule has 4 heteroatoms. The topological polar surface area (TPSA) is 52.7 Å². The third kappa shape index (κ3) is 3.57. The van der Waals surface area contributed by atoms with Crippen LogP contribution in [0.1, 0.15) is 30.4 Å². The van der Waals surface area contributed by atoms with Gasteiger partial charge in [0.05, 0.1) is 0 Å². The van der Waals surface area contributed by atoms with Gasteiger partial charge in [-0.3, -0.25) is 9.80 Å². The number of rotatable bonds is 3. The van der Waals surface area contributed by atoms with Crippen molar-refractivity contribution in [2.24, 2.45) is 5.73 Å². The van der Waals surface area contributed by atoms with Gasteiger partial charge in [-0.05, 0) is 45.3 Å². The average molecular weight is 289 g/mol. The molecule has 0 amide bonds. The van der Waals surface area contributed by atoms with Gasteiger partial charge in [-0.15, -0.1) is 0 Å². The van der Waals surface area contributed by atoms with Crippen molar-refractivity contribution in [2.45, 2.75) is 44.8 Å². The molecule has 0 radical (unpaired) electrons. The van der Waals surface area contributed by atoms with Gasteiger partial charge in [-0.2, -0.15) is 0 Å². The maximum Gasteiger partial charge on any atom is 0.120 e. The fourth-order valence-electron chi connectivity index (χ4n) is 3.62. The van der Waals surface area contributed by atoms with Crippen LogP contribution >= 0.6 is 0 Å². The molecule has 116 valence electrons. The van der Waals surface area contributed by atoms with Crippen molar-refractivity contribution in [1.29, 1.82) is 0 Å². The largest absolute Gasteiger partial charge is 0.508 e. The molecule has 21 heavy (non-hydrogen) atoms. The third-order valence-corrected chi connectivity index (χ3v) is 4.97. The predicted octanol–water partition coefficient (Wildman–Crippen LogP) is 1.70. The van der Waals surface area contributed by atoms with Crippen LogP contribution in [0.3, 0.4) is 0 Å². The van der Waals surface area contributed by atoms with Crippen LogP contribution in [0.4, 0.5) is 0 Å². The lowest BCUT2D eigenvalue weighted by atomic mass is 10.0. The highest BCUT2D eigenvalue weighted by atomic mass is 16.3. The summed E-state index contributed by atoms with van der Waals surface area (Å²) in [4.78, 5) is 5.08. The van der Waals surface area contributed by atoms with E-state index in [1.165, 1.54) is 12.0 Å². The number of hydrogen-bond acceptors (Lipinski definition) is 4. The third-order valence-electron chi connectivity index (χ3n) is 4.97. The number of aromatic hydroxyl groups is 1. The zero-order chi connectivity index (χ0) is 14.8. The fourth-order valence-corrected chi connectivity index (χ4v) is 3.62. The standard InChI is InChI=1S/C17H27N3O/c1-13-2-3-17(21)14(10-13)11-19-7-6-16(12-19)20-8-4-15(18)5-9-20/h2-3,10,15-16,21H,4-9,11-12,18H2,1H3. The molecule has 0 spiro atoms. The number of likely N-dealkylation sites (tertiary alicyclic amines) is 2. The molecule has 2 heterocycles. The molecule has 1 aromatic rings. The van der Waals surface area contributed by atoms with Gasteiger partial charge in [0.2, 0.25) is 0 Å². The summed E-state index contributed by atoms with van der Waals surface area (Å²) in [5, 5.41) is 9.99. The molecule has 3 N–H and O–H groups in total. The number of nitrogens with two attached hydrogens (primary N) is 1. The van der Waals surface area contributed by atoms with Crippen molar-refractivity contribution in [2.75, 3.05) is 26.2 Å². The molecular weight excluding hydrogens is 262 g/mol.